The molecule has 1 fully saturated rings. The third kappa shape index (κ3) is 29.0. The molecule has 362 valence electrons. The van der Waals surface area contributed by atoms with Crippen LogP contribution in [-0.2, 0) is 59.9 Å². The summed E-state index contributed by atoms with van der Waals surface area (Å²) >= 11 is 4.17. The van der Waals surface area contributed by atoms with Gasteiger partial charge in [-0.25, -0.2) is 18.3 Å². The molecule has 0 spiro atoms. The molecule has 9 N–H and O–H groups in total. The predicted molar refractivity (Wildman–Crippen MR) is 221 cm³/mol. The molecule has 0 bridgehead atoms. The van der Waals surface area contributed by atoms with E-state index < -0.39 is 99.2 Å². The van der Waals surface area contributed by atoms with Gasteiger partial charge in [-0.05, 0) is 25.0 Å². The number of phosphoric acid groups is 4. The molecular weight excluding hydrogens is 916 g/mol. The van der Waals surface area contributed by atoms with Gasteiger partial charge in [-0.1, -0.05) is 110 Å². The molecule has 0 aliphatic heterocycles. The molecule has 1 saturated carbocycles. The highest BCUT2D eigenvalue weighted by Gasteiger charge is 2.59. The predicted octanol–water partition coefficient (Wildman–Crippen LogP) is 5.25. The van der Waals surface area contributed by atoms with Crippen LogP contribution < -0.4 is 0 Å². The quantitative estimate of drug-likeness (QED) is 0.0166. The summed E-state index contributed by atoms with van der Waals surface area (Å²) < 4.78 is 81.6. The van der Waals surface area contributed by atoms with E-state index in [1.165, 1.54) is 44.9 Å². The Hall–Kier alpha value is -0.350. The molecule has 0 radical (unpaired) electrons. The lowest BCUT2D eigenvalue weighted by Crippen LogP contribution is -2.65. The molecule has 22 nitrogen and oxygen atoms in total. The molecule has 4 unspecified atom stereocenters. The van der Waals surface area contributed by atoms with Crippen LogP contribution in [0.25, 0.3) is 0 Å². The van der Waals surface area contributed by atoms with Gasteiger partial charge < -0.3 is 53.9 Å². The molecule has 1 aliphatic rings. The van der Waals surface area contributed by atoms with Crippen LogP contribution in [0.15, 0.2) is 0 Å². The topological polar surface area (TPSA) is 349 Å². The van der Waals surface area contributed by atoms with Gasteiger partial charge in [0, 0.05) is 12.8 Å². The van der Waals surface area contributed by atoms with E-state index in [0.29, 0.717) is 12.8 Å². The van der Waals surface area contributed by atoms with Crippen molar-refractivity contribution in [1.29, 1.82) is 0 Å². The van der Waals surface area contributed by atoms with E-state index in [1.54, 1.807) is 0 Å². The molecule has 1 rings (SSSR count). The highest BCUT2D eigenvalue weighted by atomic mass is 32.1. The number of esters is 2. The fraction of sp³-hybridized carbons (Fsp3) is 0.941. The number of hydrogen-bond donors (Lipinski definition) is 10. The number of phosphoric ester groups is 4. The molecule has 8 atom stereocenters. The van der Waals surface area contributed by atoms with Gasteiger partial charge in [-0.15, -0.1) is 0 Å². The summed E-state index contributed by atoms with van der Waals surface area (Å²) in [5.74, 6) is -0.638. The third-order valence-electron chi connectivity index (χ3n) is 9.45. The van der Waals surface area contributed by atoms with Crippen molar-refractivity contribution in [1.82, 2.24) is 0 Å². The number of carbonyl (C=O) groups is 2. The summed E-state index contributed by atoms with van der Waals surface area (Å²) in [5, 5.41) is 21.7. The van der Waals surface area contributed by atoms with Gasteiger partial charge in [-0.2, -0.15) is 12.6 Å². The van der Waals surface area contributed by atoms with Gasteiger partial charge in [0.25, 0.3) is 0 Å². The Bertz CT molecular complexity index is 1390. The Morgan fingerprint density at radius 2 is 0.885 bits per heavy atom. The Morgan fingerprint density at radius 1 is 0.508 bits per heavy atom. The number of unbranched alkanes of at least 4 members (excludes halogenated alkanes) is 17. The van der Waals surface area contributed by atoms with Crippen molar-refractivity contribution in [2.75, 3.05) is 19.0 Å². The van der Waals surface area contributed by atoms with Crippen LogP contribution in [0.3, 0.4) is 0 Å². The summed E-state index contributed by atoms with van der Waals surface area (Å²) in [5.41, 5.74) is 0. The van der Waals surface area contributed by atoms with E-state index in [9.17, 15) is 72.3 Å². The standard InChI is InChI=1S/C34H68O22P4S/c1-2-3-4-5-6-7-8-9-10-11-12-16-19-22-28(36)52-26(24-50-27(35)21-18-15-13-14-17-20-23-61)25-51-60(48,49)56-31-29(37)32(53-57(39,40)41)34(55-59(45,46)47)33(30(31)38)54-58(42,43)44/h26,29-34,37-38,61H,2-25H2,1H3,(H,48,49)(H2,39,40,41)(H2,42,43,44)(H2,45,46,47)/t26-,29-,30?,31?,32-,33+,34?/m1/s1. The Morgan fingerprint density at radius 3 is 1.30 bits per heavy atom. The second-order valence-electron chi connectivity index (χ2n) is 14.9. The lowest BCUT2D eigenvalue weighted by atomic mass is 9.85. The molecule has 0 aromatic rings. The summed E-state index contributed by atoms with van der Waals surface area (Å²) in [6.07, 6.45) is 1.08. The highest BCUT2D eigenvalue weighted by molar-refractivity contribution is 7.80. The number of rotatable bonds is 36. The minimum absolute atomic E-state index is 0.0224. The lowest BCUT2D eigenvalue weighted by Gasteiger charge is -2.45. The van der Waals surface area contributed by atoms with Crippen LogP contribution in [-0.4, -0.2) is 118 Å². The molecule has 27 heteroatoms. The van der Waals surface area contributed by atoms with Crippen molar-refractivity contribution in [3.05, 3.63) is 0 Å². The summed E-state index contributed by atoms with van der Waals surface area (Å²) in [6, 6.07) is 0. The van der Waals surface area contributed by atoms with Crippen molar-refractivity contribution in [2.24, 2.45) is 0 Å². The zero-order valence-corrected chi connectivity index (χ0v) is 39.1. The Balaban J connectivity index is 2.98. The van der Waals surface area contributed by atoms with Crippen molar-refractivity contribution in [2.45, 2.75) is 184 Å². The molecule has 0 saturated heterocycles. The third-order valence-corrected chi connectivity index (χ3v) is 12.3. The van der Waals surface area contributed by atoms with Gasteiger partial charge in [0.15, 0.2) is 6.10 Å². The first-order valence-electron chi connectivity index (χ1n) is 20.7. The van der Waals surface area contributed by atoms with Gasteiger partial charge in [0.2, 0.25) is 0 Å². The molecule has 1 aliphatic carbocycles. The van der Waals surface area contributed by atoms with Gasteiger partial charge in [0.05, 0.1) is 6.61 Å². The highest BCUT2D eigenvalue weighted by Crippen LogP contribution is 2.53. The number of thiol groups is 1. The second-order valence-corrected chi connectivity index (χ2v) is 20.3. The molecular formula is C34H68O22P4S. The van der Waals surface area contributed by atoms with Crippen molar-refractivity contribution in [3.8, 4) is 0 Å². The molecule has 0 aromatic carbocycles. The minimum Gasteiger partial charge on any atom is -0.462 e. The number of carbonyl (C=O) groups excluding carboxylic acids is 2. The lowest BCUT2D eigenvalue weighted by molar-refractivity contribution is -0.209. The monoisotopic (exact) mass is 984 g/mol. The second kappa shape index (κ2) is 30.8. The first kappa shape index (κ1) is 58.7. The number of ether oxygens (including phenoxy) is 2. The smallest absolute Gasteiger partial charge is 0.462 e. The van der Waals surface area contributed by atoms with Gasteiger partial charge in [0.1, 0.15) is 43.2 Å². The summed E-state index contributed by atoms with van der Waals surface area (Å²) in [4.78, 5) is 92.1. The van der Waals surface area contributed by atoms with Crippen LogP contribution in [0.4, 0.5) is 0 Å². The average Bonchev–Trinajstić information content (AvgIpc) is 3.14. The Kier molecular flexibility index (Phi) is 29.6. The van der Waals surface area contributed by atoms with Crippen LogP contribution in [0.1, 0.15) is 142 Å². The number of aliphatic hydroxyl groups is 2. The summed E-state index contributed by atoms with van der Waals surface area (Å²) in [6.45, 7) is 0.535. The largest absolute Gasteiger partial charge is 0.472 e. The van der Waals surface area contributed by atoms with E-state index >= 15 is 0 Å². The van der Waals surface area contributed by atoms with E-state index in [2.05, 4.69) is 33.1 Å². The SMILES string of the molecule is CCCCCCCCCCCCCCCC(=O)O[C@H](COC(=O)CCCCCCCCS)COP(=O)(O)OC1C(O)[C@H](OP(=O)(O)O)C(OP(=O)(O)O)[C@H](OP(=O)(O)O)[C@@H]1O. The molecule has 0 heterocycles. The fourth-order valence-corrected chi connectivity index (χ4v) is 9.35. The first-order chi connectivity index (χ1) is 28.5. The van der Waals surface area contributed by atoms with Crippen molar-refractivity contribution >= 4 is 55.9 Å². The van der Waals surface area contributed by atoms with E-state index in [0.717, 1.165) is 70.0 Å². The minimum atomic E-state index is -5.78. The molecule has 61 heavy (non-hydrogen) atoms. The zero-order valence-electron chi connectivity index (χ0n) is 34.6. The van der Waals surface area contributed by atoms with Crippen molar-refractivity contribution in [3.63, 3.8) is 0 Å². The zero-order chi connectivity index (χ0) is 46.1. The van der Waals surface area contributed by atoms with Crippen LogP contribution >= 0.6 is 43.9 Å². The van der Waals surface area contributed by atoms with E-state index in [4.69, 9.17) is 18.5 Å². The normalized spacial score (nSPS) is 22.7. The Labute approximate surface area is 362 Å². The van der Waals surface area contributed by atoms with E-state index in [-0.39, 0.29) is 12.8 Å². The van der Waals surface area contributed by atoms with Gasteiger partial charge in [-0.3, -0.25) is 32.2 Å². The number of aliphatic hydroxyl groups excluding tert-OH is 2. The van der Waals surface area contributed by atoms with Crippen LogP contribution in [0.2, 0.25) is 0 Å². The maximum atomic E-state index is 13.2. The fourth-order valence-electron chi connectivity index (χ4n) is 6.47. The molecule has 0 amide bonds. The number of hydrogen-bond acceptors (Lipinski definition) is 16. The van der Waals surface area contributed by atoms with Gasteiger partial charge >= 0.3 is 43.2 Å². The van der Waals surface area contributed by atoms with E-state index in [1.807, 2.05) is 0 Å². The maximum absolute atomic E-state index is 13.2. The average molecular weight is 985 g/mol. The molecule has 0 aromatic heterocycles. The van der Waals surface area contributed by atoms with Crippen LogP contribution in [0, 0.1) is 0 Å². The first-order valence-corrected chi connectivity index (χ1v) is 27.4. The van der Waals surface area contributed by atoms with Crippen molar-refractivity contribution < 1.29 is 104 Å². The van der Waals surface area contributed by atoms with Crippen LogP contribution in [0.5, 0.6) is 0 Å². The maximum Gasteiger partial charge on any atom is 0.472 e. The summed E-state index contributed by atoms with van der Waals surface area (Å²) in [7, 11) is -23.0.